The maximum absolute atomic E-state index is 11.9. The van der Waals surface area contributed by atoms with Crippen LogP contribution in [0, 0.1) is 0 Å². The van der Waals surface area contributed by atoms with Gasteiger partial charge in [-0.3, -0.25) is 4.79 Å². The standard InChI is InChI=1S/C13H17BrN2O/c1-9(2)15-11-7-13(17)16(8-11)12-5-3-4-10(14)6-12/h3-6,9,11,15H,7-8H2,1-2H3. The molecule has 17 heavy (non-hydrogen) atoms. The van der Waals surface area contributed by atoms with Crippen LogP contribution in [0.3, 0.4) is 0 Å². The molecule has 1 unspecified atom stereocenters. The number of nitrogens with one attached hydrogen (secondary N) is 1. The van der Waals surface area contributed by atoms with Crippen LogP contribution in [0.1, 0.15) is 20.3 Å². The molecule has 1 aliphatic heterocycles. The Balaban J connectivity index is 2.10. The van der Waals surface area contributed by atoms with Crippen molar-refractivity contribution in [1.29, 1.82) is 0 Å². The van der Waals surface area contributed by atoms with Gasteiger partial charge in [0.25, 0.3) is 0 Å². The number of amides is 1. The maximum Gasteiger partial charge on any atom is 0.228 e. The van der Waals surface area contributed by atoms with Crippen LogP contribution in [0.5, 0.6) is 0 Å². The third-order valence-corrected chi connectivity index (χ3v) is 3.31. The fourth-order valence-electron chi connectivity index (χ4n) is 2.18. The van der Waals surface area contributed by atoms with Crippen LogP contribution < -0.4 is 10.2 Å². The van der Waals surface area contributed by atoms with Crippen molar-refractivity contribution in [3.8, 4) is 0 Å². The molecule has 92 valence electrons. The molecule has 1 saturated heterocycles. The zero-order valence-electron chi connectivity index (χ0n) is 10.1. The number of carbonyl (C=O) groups is 1. The Morgan fingerprint density at radius 1 is 1.47 bits per heavy atom. The van der Waals surface area contributed by atoms with Crippen LogP contribution in [-0.4, -0.2) is 24.5 Å². The fraction of sp³-hybridized carbons (Fsp3) is 0.462. The van der Waals surface area contributed by atoms with Crippen molar-refractivity contribution in [2.24, 2.45) is 0 Å². The van der Waals surface area contributed by atoms with Gasteiger partial charge in [0.05, 0.1) is 0 Å². The van der Waals surface area contributed by atoms with Crippen LogP contribution in [0.15, 0.2) is 28.7 Å². The van der Waals surface area contributed by atoms with Crippen molar-refractivity contribution in [2.45, 2.75) is 32.4 Å². The number of hydrogen-bond acceptors (Lipinski definition) is 2. The third kappa shape index (κ3) is 3.07. The predicted molar refractivity (Wildman–Crippen MR) is 73.2 cm³/mol. The number of rotatable bonds is 3. The normalized spacial score (nSPS) is 20.4. The van der Waals surface area contributed by atoms with Gasteiger partial charge in [-0.05, 0) is 18.2 Å². The average molecular weight is 297 g/mol. The zero-order valence-corrected chi connectivity index (χ0v) is 11.7. The van der Waals surface area contributed by atoms with Gasteiger partial charge in [-0.1, -0.05) is 35.8 Å². The van der Waals surface area contributed by atoms with E-state index in [1.54, 1.807) is 0 Å². The molecule has 1 amide bonds. The quantitative estimate of drug-likeness (QED) is 0.930. The molecule has 1 aromatic rings. The summed E-state index contributed by atoms with van der Waals surface area (Å²) in [6.45, 7) is 4.96. The van der Waals surface area contributed by atoms with E-state index in [1.165, 1.54) is 0 Å². The number of hydrogen-bond donors (Lipinski definition) is 1. The molecule has 0 aromatic heterocycles. The zero-order chi connectivity index (χ0) is 12.4. The molecular formula is C13H17BrN2O. The molecule has 2 rings (SSSR count). The molecule has 1 aliphatic rings. The predicted octanol–water partition coefficient (Wildman–Crippen LogP) is 2.55. The van der Waals surface area contributed by atoms with E-state index in [0.29, 0.717) is 12.5 Å². The molecule has 1 aromatic carbocycles. The van der Waals surface area contributed by atoms with Crippen molar-refractivity contribution in [1.82, 2.24) is 5.32 Å². The molecule has 0 aliphatic carbocycles. The first kappa shape index (κ1) is 12.6. The lowest BCUT2D eigenvalue weighted by Crippen LogP contribution is -2.37. The van der Waals surface area contributed by atoms with E-state index in [-0.39, 0.29) is 11.9 Å². The summed E-state index contributed by atoms with van der Waals surface area (Å²) in [4.78, 5) is 13.8. The molecule has 1 heterocycles. The molecule has 1 N–H and O–H groups in total. The Labute approximate surface area is 110 Å². The van der Waals surface area contributed by atoms with Gasteiger partial charge >= 0.3 is 0 Å². The molecule has 1 fully saturated rings. The Kier molecular flexibility index (Phi) is 3.84. The van der Waals surface area contributed by atoms with Crippen molar-refractivity contribution < 1.29 is 4.79 Å². The first-order chi connectivity index (χ1) is 8.06. The topological polar surface area (TPSA) is 32.3 Å². The highest BCUT2D eigenvalue weighted by atomic mass is 79.9. The molecule has 3 nitrogen and oxygen atoms in total. The molecule has 0 bridgehead atoms. The summed E-state index contributed by atoms with van der Waals surface area (Å²) >= 11 is 3.43. The van der Waals surface area contributed by atoms with Crippen LogP contribution in [0.25, 0.3) is 0 Å². The molecule has 1 atom stereocenters. The second-order valence-corrected chi connectivity index (χ2v) is 5.62. The molecule has 0 radical (unpaired) electrons. The summed E-state index contributed by atoms with van der Waals surface area (Å²) in [5, 5.41) is 3.41. The highest BCUT2D eigenvalue weighted by Gasteiger charge is 2.30. The lowest BCUT2D eigenvalue weighted by molar-refractivity contribution is -0.117. The lowest BCUT2D eigenvalue weighted by atomic mass is 10.2. The van der Waals surface area contributed by atoms with E-state index < -0.39 is 0 Å². The van der Waals surface area contributed by atoms with Crippen molar-refractivity contribution >= 4 is 27.5 Å². The Bertz CT molecular complexity index is 420. The van der Waals surface area contributed by atoms with E-state index in [2.05, 4.69) is 35.1 Å². The van der Waals surface area contributed by atoms with Gasteiger partial charge < -0.3 is 10.2 Å². The molecule has 0 saturated carbocycles. The van der Waals surface area contributed by atoms with Gasteiger partial charge in [0.2, 0.25) is 5.91 Å². The lowest BCUT2D eigenvalue weighted by Gasteiger charge is -2.18. The van der Waals surface area contributed by atoms with Crippen LogP contribution in [-0.2, 0) is 4.79 Å². The number of carbonyl (C=O) groups excluding carboxylic acids is 1. The number of anilines is 1. The summed E-state index contributed by atoms with van der Waals surface area (Å²) in [6, 6.07) is 8.55. The number of halogens is 1. The Morgan fingerprint density at radius 2 is 2.24 bits per heavy atom. The maximum atomic E-state index is 11.9. The minimum atomic E-state index is 0.196. The van der Waals surface area contributed by atoms with Crippen LogP contribution >= 0.6 is 15.9 Å². The van der Waals surface area contributed by atoms with E-state index in [1.807, 2.05) is 29.2 Å². The highest BCUT2D eigenvalue weighted by Crippen LogP contribution is 2.24. The monoisotopic (exact) mass is 296 g/mol. The van der Waals surface area contributed by atoms with Gasteiger partial charge in [-0.2, -0.15) is 0 Å². The highest BCUT2D eigenvalue weighted by molar-refractivity contribution is 9.10. The minimum absolute atomic E-state index is 0.196. The second kappa shape index (κ2) is 5.19. The minimum Gasteiger partial charge on any atom is -0.311 e. The first-order valence-corrected chi connectivity index (χ1v) is 6.67. The van der Waals surface area contributed by atoms with Crippen molar-refractivity contribution in [3.05, 3.63) is 28.7 Å². The number of benzene rings is 1. The average Bonchev–Trinajstić information content (AvgIpc) is 2.58. The van der Waals surface area contributed by atoms with Crippen LogP contribution in [0.2, 0.25) is 0 Å². The smallest absolute Gasteiger partial charge is 0.228 e. The van der Waals surface area contributed by atoms with Gasteiger partial charge in [-0.15, -0.1) is 0 Å². The summed E-state index contributed by atoms with van der Waals surface area (Å²) in [5.41, 5.74) is 0.970. The molecular weight excluding hydrogens is 280 g/mol. The Hall–Kier alpha value is -0.870. The summed E-state index contributed by atoms with van der Waals surface area (Å²) < 4.78 is 1.00. The van der Waals surface area contributed by atoms with Gasteiger partial charge in [0.1, 0.15) is 0 Å². The summed E-state index contributed by atoms with van der Waals surface area (Å²) in [6.07, 6.45) is 0.588. The van der Waals surface area contributed by atoms with E-state index in [4.69, 9.17) is 0 Å². The number of nitrogens with zero attached hydrogens (tertiary/aromatic N) is 1. The van der Waals surface area contributed by atoms with Gasteiger partial charge in [0.15, 0.2) is 0 Å². The summed E-state index contributed by atoms with van der Waals surface area (Å²) in [7, 11) is 0. The van der Waals surface area contributed by atoms with E-state index in [9.17, 15) is 4.79 Å². The van der Waals surface area contributed by atoms with Gasteiger partial charge in [-0.25, -0.2) is 0 Å². The SMILES string of the molecule is CC(C)NC1CC(=O)N(c2cccc(Br)c2)C1. The third-order valence-electron chi connectivity index (χ3n) is 2.81. The van der Waals surface area contributed by atoms with E-state index in [0.717, 1.165) is 16.7 Å². The fourth-order valence-corrected chi connectivity index (χ4v) is 2.57. The second-order valence-electron chi connectivity index (χ2n) is 4.71. The first-order valence-electron chi connectivity index (χ1n) is 5.88. The van der Waals surface area contributed by atoms with Crippen molar-refractivity contribution in [2.75, 3.05) is 11.4 Å². The summed E-state index contributed by atoms with van der Waals surface area (Å²) in [5.74, 6) is 0.196. The molecule has 4 heteroatoms. The van der Waals surface area contributed by atoms with Crippen LogP contribution in [0.4, 0.5) is 5.69 Å². The van der Waals surface area contributed by atoms with Gasteiger partial charge in [0, 0.05) is 35.2 Å². The van der Waals surface area contributed by atoms with Crippen molar-refractivity contribution in [3.63, 3.8) is 0 Å². The van der Waals surface area contributed by atoms with E-state index >= 15 is 0 Å². The molecule has 0 spiro atoms. The largest absolute Gasteiger partial charge is 0.311 e. The Morgan fingerprint density at radius 3 is 2.88 bits per heavy atom.